The highest BCUT2D eigenvalue weighted by molar-refractivity contribution is 6.35. The van der Waals surface area contributed by atoms with Gasteiger partial charge in [0.15, 0.2) is 0 Å². The number of hydrogen-bond acceptors (Lipinski definition) is 3. The summed E-state index contributed by atoms with van der Waals surface area (Å²) in [6.45, 7) is 1.50. The first-order valence-electron chi connectivity index (χ1n) is 8.93. The Hall–Kier alpha value is -3.18. The molecule has 140 valence electrons. The van der Waals surface area contributed by atoms with Crippen molar-refractivity contribution in [3.8, 4) is 0 Å². The summed E-state index contributed by atoms with van der Waals surface area (Å²) >= 11 is 6.23. The van der Waals surface area contributed by atoms with E-state index in [9.17, 15) is 9.59 Å². The maximum atomic E-state index is 12.9. The molecular formula is C22H18ClN3O2. The van der Waals surface area contributed by atoms with E-state index in [0.717, 1.165) is 16.5 Å². The number of nitrogens with one attached hydrogen (secondary N) is 1. The Morgan fingerprint density at radius 1 is 1.14 bits per heavy atom. The summed E-state index contributed by atoms with van der Waals surface area (Å²) in [4.78, 5) is 30.9. The molecule has 0 saturated heterocycles. The summed E-state index contributed by atoms with van der Waals surface area (Å²) in [6.07, 6.45) is 5.43. The highest BCUT2D eigenvalue weighted by Crippen LogP contribution is 2.34. The first-order valence-corrected chi connectivity index (χ1v) is 9.31. The number of pyridine rings is 1. The average Bonchev–Trinajstić information content (AvgIpc) is 2.70. The van der Waals surface area contributed by atoms with Gasteiger partial charge in [0.25, 0.3) is 0 Å². The lowest BCUT2D eigenvalue weighted by molar-refractivity contribution is -0.129. The largest absolute Gasteiger partial charge is 0.324 e. The minimum absolute atomic E-state index is 0.109. The van der Waals surface area contributed by atoms with Crippen molar-refractivity contribution in [1.82, 2.24) is 9.88 Å². The van der Waals surface area contributed by atoms with E-state index < -0.39 is 0 Å². The summed E-state index contributed by atoms with van der Waals surface area (Å²) < 4.78 is 0. The predicted octanol–water partition coefficient (Wildman–Crippen LogP) is 4.79. The molecule has 4 rings (SSSR count). The molecule has 5 nitrogen and oxygen atoms in total. The Morgan fingerprint density at radius 3 is 2.79 bits per heavy atom. The highest BCUT2D eigenvalue weighted by atomic mass is 35.5. The molecule has 0 spiro atoms. The van der Waals surface area contributed by atoms with Crippen molar-refractivity contribution in [2.45, 2.75) is 19.4 Å². The number of rotatable bonds is 3. The lowest BCUT2D eigenvalue weighted by Gasteiger charge is -2.32. The molecule has 0 radical (unpaired) electrons. The van der Waals surface area contributed by atoms with Crippen LogP contribution in [0.3, 0.4) is 0 Å². The number of amides is 2. The van der Waals surface area contributed by atoms with Crippen LogP contribution in [0.1, 0.15) is 30.5 Å². The molecule has 0 fully saturated rings. The molecule has 6 heteroatoms. The van der Waals surface area contributed by atoms with Gasteiger partial charge in [0, 0.05) is 24.7 Å². The smallest absolute Gasteiger partial charge is 0.226 e. The van der Waals surface area contributed by atoms with Gasteiger partial charge in [0.1, 0.15) is 0 Å². The summed E-state index contributed by atoms with van der Waals surface area (Å²) in [5, 5.41) is 4.28. The van der Waals surface area contributed by atoms with E-state index in [0.29, 0.717) is 16.2 Å². The van der Waals surface area contributed by atoms with Gasteiger partial charge in [-0.2, -0.15) is 0 Å². The first-order chi connectivity index (χ1) is 13.5. The van der Waals surface area contributed by atoms with Crippen LogP contribution in [0.4, 0.5) is 5.69 Å². The molecule has 2 heterocycles. The van der Waals surface area contributed by atoms with Crippen LogP contribution in [0.25, 0.3) is 17.0 Å². The second kappa shape index (κ2) is 7.44. The van der Waals surface area contributed by atoms with Crippen LogP contribution in [0.15, 0.2) is 60.9 Å². The van der Waals surface area contributed by atoms with Crippen molar-refractivity contribution in [3.05, 3.63) is 77.1 Å². The van der Waals surface area contributed by atoms with Crippen molar-refractivity contribution in [2.24, 2.45) is 0 Å². The van der Waals surface area contributed by atoms with Crippen LogP contribution in [-0.2, 0) is 9.59 Å². The third-order valence-corrected chi connectivity index (χ3v) is 5.17. The van der Waals surface area contributed by atoms with Gasteiger partial charge in [-0.1, -0.05) is 35.9 Å². The average molecular weight is 392 g/mol. The zero-order valence-electron chi connectivity index (χ0n) is 15.2. The molecule has 1 aliphatic heterocycles. The molecule has 1 N–H and O–H groups in total. The van der Waals surface area contributed by atoms with Crippen LogP contribution < -0.4 is 5.32 Å². The molecule has 3 aromatic rings. The van der Waals surface area contributed by atoms with Gasteiger partial charge in [-0.25, -0.2) is 0 Å². The Kier molecular flexibility index (Phi) is 4.84. The molecule has 0 bridgehead atoms. The fourth-order valence-corrected chi connectivity index (χ4v) is 3.74. The van der Waals surface area contributed by atoms with Gasteiger partial charge < -0.3 is 10.2 Å². The lowest BCUT2D eigenvalue weighted by atomic mass is 9.93. The summed E-state index contributed by atoms with van der Waals surface area (Å²) in [5.74, 6) is -0.308. The highest BCUT2D eigenvalue weighted by Gasteiger charge is 2.28. The van der Waals surface area contributed by atoms with Crippen LogP contribution in [0.2, 0.25) is 5.02 Å². The van der Waals surface area contributed by atoms with E-state index in [-0.39, 0.29) is 24.3 Å². The molecular weight excluding hydrogens is 374 g/mol. The number of fused-ring (bicyclic) bond motifs is 2. The number of anilines is 1. The molecule has 0 aliphatic carbocycles. The minimum atomic E-state index is -0.356. The third-order valence-electron chi connectivity index (χ3n) is 4.84. The second-order valence-electron chi connectivity index (χ2n) is 6.63. The van der Waals surface area contributed by atoms with Gasteiger partial charge in [0.2, 0.25) is 11.8 Å². The van der Waals surface area contributed by atoms with Gasteiger partial charge in [-0.3, -0.25) is 14.6 Å². The first kappa shape index (κ1) is 18.2. The Labute approximate surface area is 167 Å². The van der Waals surface area contributed by atoms with Crippen LogP contribution >= 0.6 is 11.6 Å². The Balaban J connectivity index is 1.62. The Morgan fingerprint density at radius 2 is 1.96 bits per heavy atom. The molecule has 0 unspecified atom stereocenters. The molecule has 28 heavy (non-hydrogen) atoms. The van der Waals surface area contributed by atoms with E-state index in [2.05, 4.69) is 10.3 Å². The van der Waals surface area contributed by atoms with Crippen molar-refractivity contribution >= 4 is 46.1 Å². The Bertz CT molecular complexity index is 1110. The number of carbonyl (C=O) groups excluding carboxylic acids is 2. The number of hydrogen-bond donors (Lipinski definition) is 1. The maximum Gasteiger partial charge on any atom is 0.226 e. The topological polar surface area (TPSA) is 62.3 Å². The monoisotopic (exact) mass is 391 g/mol. The zero-order valence-corrected chi connectivity index (χ0v) is 16.0. The number of aromatic nitrogens is 1. The molecule has 2 aromatic carbocycles. The third kappa shape index (κ3) is 3.37. The van der Waals surface area contributed by atoms with E-state index in [1.54, 1.807) is 35.5 Å². The SMILES string of the molecule is CC(=O)N1C=Cc2ccccc2[C@@H]1CC(=O)Nc1ccc(Cl)c2cccnc12. The van der Waals surface area contributed by atoms with E-state index >= 15 is 0 Å². The number of nitrogens with zero attached hydrogens (tertiary/aromatic N) is 2. The standard InChI is InChI=1S/C22H18ClN3O2/c1-14(27)26-12-10-15-5-2-3-6-16(15)20(26)13-21(28)25-19-9-8-18(23)17-7-4-11-24-22(17)19/h2-12,20H,13H2,1H3,(H,25,28)/t20-/m0/s1. The van der Waals surface area contributed by atoms with Gasteiger partial charge >= 0.3 is 0 Å². The summed E-state index contributed by atoms with van der Waals surface area (Å²) in [7, 11) is 0. The quantitative estimate of drug-likeness (QED) is 0.698. The summed E-state index contributed by atoms with van der Waals surface area (Å²) in [5.41, 5.74) is 3.19. The fraction of sp³-hybridized carbons (Fsp3) is 0.136. The van der Waals surface area contributed by atoms with Crippen molar-refractivity contribution < 1.29 is 9.59 Å². The predicted molar refractivity (Wildman–Crippen MR) is 111 cm³/mol. The van der Waals surface area contributed by atoms with Gasteiger partial charge in [-0.15, -0.1) is 0 Å². The van der Waals surface area contributed by atoms with E-state index in [1.807, 2.05) is 36.4 Å². The van der Waals surface area contributed by atoms with E-state index in [4.69, 9.17) is 11.6 Å². The van der Waals surface area contributed by atoms with Gasteiger partial charge in [-0.05, 0) is 41.5 Å². The zero-order chi connectivity index (χ0) is 19.7. The van der Waals surface area contributed by atoms with Crippen LogP contribution in [-0.4, -0.2) is 21.7 Å². The number of benzene rings is 2. The minimum Gasteiger partial charge on any atom is -0.324 e. The second-order valence-corrected chi connectivity index (χ2v) is 7.04. The van der Waals surface area contributed by atoms with Crippen molar-refractivity contribution in [2.75, 3.05) is 5.32 Å². The lowest BCUT2D eigenvalue weighted by Crippen LogP contribution is -2.33. The normalized spacial score (nSPS) is 15.4. The molecule has 1 atom stereocenters. The maximum absolute atomic E-state index is 12.9. The molecule has 1 aromatic heterocycles. The molecule has 2 amide bonds. The van der Waals surface area contributed by atoms with E-state index in [1.165, 1.54) is 6.92 Å². The fourth-order valence-electron chi connectivity index (χ4n) is 3.53. The van der Waals surface area contributed by atoms with Crippen LogP contribution in [0, 0.1) is 0 Å². The van der Waals surface area contributed by atoms with Crippen molar-refractivity contribution in [1.29, 1.82) is 0 Å². The van der Waals surface area contributed by atoms with Crippen LogP contribution in [0.5, 0.6) is 0 Å². The summed E-state index contributed by atoms with van der Waals surface area (Å²) in [6, 6.07) is 14.6. The number of halogens is 1. The molecule has 1 aliphatic rings. The van der Waals surface area contributed by atoms with Crippen molar-refractivity contribution in [3.63, 3.8) is 0 Å². The molecule has 0 saturated carbocycles. The number of carbonyl (C=O) groups is 2. The van der Waals surface area contributed by atoms with Gasteiger partial charge in [0.05, 0.1) is 28.7 Å².